The minimum atomic E-state index is -0.589. The van der Waals surface area contributed by atoms with Crippen LogP contribution in [0.1, 0.15) is 60.3 Å². The topological polar surface area (TPSA) is 89.2 Å². The fraction of sp³-hybridized carbons (Fsp3) is 0.500. The molecular weight excluding hydrogens is 391 g/mol. The predicted molar refractivity (Wildman–Crippen MR) is 110 cm³/mol. The second kappa shape index (κ2) is 9.92. The molecule has 1 atom stereocenters. The van der Waals surface area contributed by atoms with E-state index >= 15 is 0 Å². The number of carbonyl (C=O) groups is 1. The van der Waals surface area contributed by atoms with Crippen LogP contribution in [0.2, 0.25) is 0 Å². The Labute approximate surface area is 170 Å². The number of aromatic nitrogens is 2. The lowest BCUT2D eigenvalue weighted by molar-refractivity contribution is 0.102. The third kappa shape index (κ3) is 5.34. The van der Waals surface area contributed by atoms with Crippen molar-refractivity contribution in [2.24, 2.45) is 0 Å². The number of aryl methyl sites for hydroxylation is 1. The van der Waals surface area contributed by atoms with Crippen molar-refractivity contribution < 1.29 is 9.21 Å². The molecule has 3 rings (SSSR count). The molecule has 0 radical (unpaired) electrons. The van der Waals surface area contributed by atoms with Gasteiger partial charge in [0.2, 0.25) is 0 Å². The molecule has 0 aromatic carbocycles. The van der Waals surface area contributed by atoms with Gasteiger partial charge >= 0.3 is 5.63 Å². The summed E-state index contributed by atoms with van der Waals surface area (Å²) in [6, 6.07) is 2.01. The Morgan fingerprint density at radius 3 is 2.70 bits per heavy atom. The number of hydrogen-bond donors (Lipinski definition) is 2. The van der Waals surface area contributed by atoms with Crippen LogP contribution in [0.5, 0.6) is 0 Å². The van der Waals surface area contributed by atoms with Gasteiger partial charge in [-0.3, -0.25) is 9.48 Å². The molecule has 150 valence electrons. The fourth-order valence-corrected chi connectivity index (χ4v) is 3.08. The van der Waals surface area contributed by atoms with Crippen LogP contribution in [-0.2, 0) is 0 Å². The van der Waals surface area contributed by atoms with E-state index in [4.69, 9.17) is 4.42 Å². The van der Waals surface area contributed by atoms with E-state index in [1.807, 2.05) is 19.9 Å². The maximum Gasteiger partial charge on any atom is 0.349 e. The van der Waals surface area contributed by atoms with E-state index in [1.54, 1.807) is 24.0 Å². The molecule has 7 nitrogen and oxygen atoms in total. The molecule has 1 fully saturated rings. The Balaban J connectivity index is 0.00000182. The third-order valence-corrected chi connectivity index (χ3v) is 4.48. The van der Waals surface area contributed by atoms with Gasteiger partial charge in [-0.15, -0.1) is 24.8 Å². The summed E-state index contributed by atoms with van der Waals surface area (Å²) in [7, 11) is 0. The lowest BCUT2D eigenvalue weighted by atomic mass is 9.95. The summed E-state index contributed by atoms with van der Waals surface area (Å²) in [5, 5.41) is 10.2. The Hall–Kier alpha value is -1.83. The molecule has 0 spiro atoms. The van der Waals surface area contributed by atoms with Gasteiger partial charge in [-0.2, -0.15) is 5.10 Å². The number of anilines is 1. The highest BCUT2D eigenvalue weighted by Gasteiger charge is 2.22. The predicted octanol–water partition coefficient (Wildman–Crippen LogP) is 3.29. The first-order valence-corrected chi connectivity index (χ1v) is 8.66. The zero-order valence-electron chi connectivity index (χ0n) is 15.7. The molecule has 1 aliphatic rings. The minimum absolute atomic E-state index is 0. The molecule has 1 saturated heterocycles. The third-order valence-electron chi connectivity index (χ3n) is 4.48. The Kier molecular flexibility index (Phi) is 8.53. The molecule has 0 saturated carbocycles. The summed E-state index contributed by atoms with van der Waals surface area (Å²) in [6.45, 7) is 7.54. The van der Waals surface area contributed by atoms with E-state index in [1.165, 1.54) is 0 Å². The van der Waals surface area contributed by atoms with Crippen molar-refractivity contribution >= 4 is 36.4 Å². The molecule has 2 aromatic heterocycles. The smallest absolute Gasteiger partial charge is 0.349 e. The maximum atomic E-state index is 12.5. The number of halogens is 2. The largest absolute Gasteiger partial charge is 0.427 e. The average molecular weight is 417 g/mol. The molecule has 0 aliphatic carbocycles. The van der Waals surface area contributed by atoms with Crippen molar-refractivity contribution in [2.45, 2.75) is 45.6 Å². The van der Waals surface area contributed by atoms with E-state index < -0.39 is 11.5 Å². The van der Waals surface area contributed by atoms with E-state index in [0.717, 1.165) is 25.9 Å². The molecule has 2 aromatic rings. The van der Waals surface area contributed by atoms with E-state index in [2.05, 4.69) is 15.7 Å². The Morgan fingerprint density at radius 2 is 2.15 bits per heavy atom. The van der Waals surface area contributed by atoms with Gasteiger partial charge in [0.25, 0.3) is 5.91 Å². The summed E-state index contributed by atoms with van der Waals surface area (Å²) in [5.74, 6) is 0.364. The van der Waals surface area contributed by atoms with Gasteiger partial charge in [-0.25, -0.2) is 4.79 Å². The minimum Gasteiger partial charge on any atom is -0.427 e. The zero-order valence-corrected chi connectivity index (χ0v) is 17.3. The van der Waals surface area contributed by atoms with Gasteiger partial charge in [0.05, 0.1) is 11.9 Å². The molecule has 0 bridgehead atoms. The number of nitrogens with zero attached hydrogens (tertiary/aromatic N) is 2. The number of carbonyl (C=O) groups excluding carboxylic acids is 1. The maximum absolute atomic E-state index is 12.5. The Bertz CT molecular complexity index is 826. The van der Waals surface area contributed by atoms with Crippen LogP contribution < -0.4 is 16.3 Å². The first kappa shape index (κ1) is 23.2. The van der Waals surface area contributed by atoms with Crippen LogP contribution in [0.4, 0.5) is 5.69 Å². The van der Waals surface area contributed by atoms with Crippen LogP contribution in [-0.4, -0.2) is 28.8 Å². The van der Waals surface area contributed by atoms with Crippen molar-refractivity contribution in [1.29, 1.82) is 0 Å². The standard InChI is InChI=1S/C18H24N4O3.2ClH/c1-11(2)22-10-14(9-20-22)21-17(23)16-12(3)7-15(25-18(16)24)13-5-4-6-19-8-13;;/h7,9-11,13,19H,4-6,8H2,1-3H3,(H,21,23);2*1H. The van der Waals surface area contributed by atoms with Crippen molar-refractivity contribution in [1.82, 2.24) is 15.1 Å². The summed E-state index contributed by atoms with van der Waals surface area (Å²) in [5.41, 5.74) is 0.641. The van der Waals surface area contributed by atoms with Gasteiger partial charge in [0.15, 0.2) is 0 Å². The number of amides is 1. The Morgan fingerprint density at radius 1 is 1.41 bits per heavy atom. The van der Waals surface area contributed by atoms with E-state index in [0.29, 0.717) is 17.0 Å². The number of hydrogen-bond acceptors (Lipinski definition) is 5. The van der Waals surface area contributed by atoms with Crippen molar-refractivity contribution in [2.75, 3.05) is 18.4 Å². The number of nitrogens with one attached hydrogen (secondary N) is 2. The van der Waals surface area contributed by atoms with Gasteiger partial charge in [0.1, 0.15) is 11.3 Å². The molecule has 3 heterocycles. The molecule has 2 N–H and O–H groups in total. The fourth-order valence-electron chi connectivity index (χ4n) is 3.08. The van der Waals surface area contributed by atoms with Crippen molar-refractivity contribution in [3.63, 3.8) is 0 Å². The molecule has 27 heavy (non-hydrogen) atoms. The molecule has 1 amide bonds. The van der Waals surface area contributed by atoms with Crippen LogP contribution >= 0.6 is 24.8 Å². The van der Waals surface area contributed by atoms with Crippen molar-refractivity contribution in [3.05, 3.63) is 45.8 Å². The highest BCUT2D eigenvalue weighted by Crippen LogP contribution is 2.24. The molecular formula is C18H26Cl2N4O3. The van der Waals surface area contributed by atoms with Crippen LogP contribution in [0.3, 0.4) is 0 Å². The first-order chi connectivity index (χ1) is 12.0. The van der Waals surface area contributed by atoms with Crippen molar-refractivity contribution in [3.8, 4) is 0 Å². The average Bonchev–Trinajstić information content (AvgIpc) is 3.03. The van der Waals surface area contributed by atoms with Gasteiger partial charge < -0.3 is 15.1 Å². The summed E-state index contributed by atoms with van der Waals surface area (Å²) in [4.78, 5) is 24.9. The lowest BCUT2D eigenvalue weighted by Crippen LogP contribution is -2.30. The second-order valence-corrected chi connectivity index (χ2v) is 6.79. The second-order valence-electron chi connectivity index (χ2n) is 6.79. The van der Waals surface area contributed by atoms with Crippen LogP contribution in [0.25, 0.3) is 0 Å². The zero-order chi connectivity index (χ0) is 18.0. The summed E-state index contributed by atoms with van der Waals surface area (Å²) < 4.78 is 7.19. The molecule has 9 heteroatoms. The first-order valence-electron chi connectivity index (χ1n) is 8.66. The highest BCUT2D eigenvalue weighted by molar-refractivity contribution is 6.04. The normalized spacial score (nSPS) is 16.4. The lowest BCUT2D eigenvalue weighted by Gasteiger charge is -2.22. The molecule has 1 unspecified atom stereocenters. The number of rotatable bonds is 4. The monoisotopic (exact) mass is 416 g/mol. The molecule has 1 aliphatic heterocycles. The van der Waals surface area contributed by atoms with E-state index in [9.17, 15) is 9.59 Å². The quantitative estimate of drug-likeness (QED) is 0.797. The van der Waals surface area contributed by atoms with E-state index in [-0.39, 0.29) is 42.3 Å². The number of piperidine rings is 1. The van der Waals surface area contributed by atoms with Crippen LogP contribution in [0, 0.1) is 6.92 Å². The highest BCUT2D eigenvalue weighted by atomic mass is 35.5. The van der Waals surface area contributed by atoms with Gasteiger partial charge in [0, 0.05) is 24.7 Å². The summed E-state index contributed by atoms with van der Waals surface area (Å²) in [6.07, 6.45) is 5.34. The van der Waals surface area contributed by atoms with Gasteiger partial charge in [-0.05, 0) is 51.8 Å². The van der Waals surface area contributed by atoms with Gasteiger partial charge in [-0.1, -0.05) is 0 Å². The SMILES string of the molecule is Cc1cc(C2CCCNC2)oc(=O)c1C(=O)Nc1cnn(C(C)C)c1.Cl.Cl. The summed E-state index contributed by atoms with van der Waals surface area (Å²) >= 11 is 0. The van der Waals surface area contributed by atoms with Crippen LogP contribution in [0.15, 0.2) is 27.7 Å².